The van der Waals surface area contributed by atoms with Gasteiger partial charge in [-0.2, -0.15) is 0 Å². The van der Waals surface area contributed by atoms with E-state index in [1.807, 2.05) is 18.3 Å². The summed E-state index contributed by atoms with van der Waals surface area (Å²) >= 11 is 0. The monoisotopic (exact) mass is 729 g/mol. The second-order valence-corrected chi connectivity index (χ2v) is 14.8. The highest BCUT2D eigenvalue weighted by molar-refractivity contribution is 5.96. The molecule has 3 nitrogen and oxygen atoms in total. The van der Waals surface area contributed by atoms with Crippen molar-refractivity contribution in [2.24, 2.45) is 0 Å². The molecule has 0 N–H and O–H groups in total. The van der Waals surface area contributed by atoms with Gasteiger partial charge < -0.3 is 0 Å². The SMILES string of the molecule is Cc1cc(-c2ccccc2)nc(-c2ccc3c(c2)C(c2ccccc2)(c2ccccc2)c2cccc(-c4ccc(-c5ccc(-c6cccnc6C)cc5)cc4)c2-3)n1. The van der Waals surface area contributed by atoms with Gasteiger partial charge in [-0.1, -0.05) is 176 Å². The van der Waals surface area contributed by atoms with Crippen LogP contribution < -0.4 is 0 Å². The van der Waals surface area contributed by atoms with Crippen LogP contribution in [0.2, 0.25) is 0 Å². The van der Waals surface area contributed by atoms with Crippen LogP contribution in [0.25, 0.3) is 67.2 Å². The fourth-order valence-electron chi connectivity index (χ4n) is 8.85. The van der Waals surface area contributed by atoms with Crippen molar-refractivity contribution < 1.29 is 0 Å². The molecule has 1 aliphatic rings. The first-order valence-electron chi connectivity index (χ1n) is 19.5. The van der Waals surface area contributed by atoms with Crippen LogP contribution in [0, 0.1) is 13.8 Å². The first-order chi connectivity index (χ1) is 28.1. The van der Waals surface area contributed by atoms with Crippen LogP contribution in [0.4, 0.5) is 0 Å². The van der Waals surface area contributed by atoms with Gasteiger partial charge in [0.1, 0.15) is 0 Å². The Morgan fingerprint density at radius 1 is 0.386 bits per heavy atom. The van der Waals surface area contributed by atoms with Crippen molar-refractivity contribution in [3.63, 3.8) is 0 Å². The molecule has 57 heavy (non-hydrogen) atoms. The highest BCUT2D eigenvalue weighted by atomic mass is 14.9. The summed E-state index contributed by atoms with van der Waals surface area (Å²) in [5.74, 6) is 0.724. The summed E-state index contributed by atoms with van der Waals surface area (Å²) in [6.07, 6.45) is 1.85. The van der Waals surface area contributed by atoms with Crippen molar-refractivity contribution in [2.75, 3.05) is 0 Å². The molecule has 0 saturated carbocycles. The summed E-state index contributed by atoms with van der Waals surface area (Å²) in [4.78, 5) is 14.6. The molecule has 10 rings (SSSR count). The molecule has 2 heterocycles. The lowest BCUT2D eigenvalue weighted by Crippen LogP contribution is -2.28. The van der Waals surface area contributed by atoms with E-state index in [4.69, 9.17) is 9.97 Å². The third-order valence-corrected chi connectivity index (χ3v) is 11.5. The van der Waals surface area contributed by atoms with Gasteiger partial charge in [-0.05, 0) is 93.2 Å². The first-order valence-corrected chi connectivity index (χ1v) is 19.5. The number of nitrogens with zero attached hydrogens (tertiary/aromatic N) is 3. The van der Waals surface area contributed by atoms with E-state index in [1.165, 1.54) is 61.2 Å². The lowest BCUT2D eigenvalue weighted by atomic mass is 9.67. The molecule has 0 atom stereocenters. The zero-order chi connectivity index (χ0) is 38.3. The van der Waals surface area contributed by atoms with Crippen LogP contribution in [0.3, 0.4) is 0 Å². The molecule has 0 aliphatic heterocycles. The maximum absolute atomic E-state index is 5.15. The highest BCUT2D eigenvalue weighted by Gasteiger charge is 2.47. The van der Waals surface area contributed by atoms with Crippen LogP contribution in [-0.2, 0) is 5.41 Å². The Bertz CT molecular complexity index is 2840. The Kier molecular flexibility index (Phi) is 8.49. The Balaban J connectivity index is 1.14. The van der Waals surface area contributed by atoms with Crippen LogP contribution in [0.1, 0.15) is 33.6 Å². The Morgan fingerprint density at radius 3 is 1.58 bits per heavy atom. The molecule has 0 unspecified atom stereocenters. The number of aryl methyl sites for hydroxylation is 2. The molecule has 3 heteroatoms. The van der Waals surface area contributed by atoms with E-state index < -0.39 is 5.41 Å². The van der Waals surface area contributed by atoms with E-state index in [2.05, 4.69) is 201 Å². The number of hydrogen-bond donors (Lipinski definition) is 0. The van der Waals surface area contributed by atoms with Gasteiger partial charge in [-0.3, -0.25) is 4.98 Å². The van der Waals surface area contributed by atoms with Crippen molar-refractivity contribution in [1.82, 2.24) is 15.0 Å². The van der Waals surface area contributed by atoms with E-state index in [0.717, 1.165) is 39.6 Å². The Labute approximate surface area is 334 Å². The third-order valence-electron chi connectivity index (χ3n) is 11.5. The van der Waals surface area contributed by atoms with Gasteiger partial charge in [0.15, 0.2) is 5.82 Å². The van der Waals surface area contributed by atoms with Gasteiger partial charge in [0, 0.05) is 34.3 Å². The molecule has 0 bridgehead atoms. The summed E-state index contributed by atoms with van der Waals surface area (Å²) in [6.45, 7) is 4.11. The lowest BCUT2D eigenvalue weighted by molar-refractivity contribution is 0.768. The predicted molar refractivity (Wildman–Crippen MR) is 234 cm³/mol. The van der Waals surface area contributed by atoms with E-state index in [0.29, 0.717) is 0 Å². The summed E-state index contributed by atoms with van der Waals surface area (Å²) in [5.41, 5.74) is 18.9. The van der Waals surface area contributed by atoms with Crippen LogP contribution in [-0.4, -0.2) is 15.0 Å². The van der Waals surface area contributed by atoms with Crippen molar-refractivity contribution in [2.45, 2.75) is 19.3 Å². The average molecular weight is 730 g/mol. The molecule has 0 fully saturated rings. The summed E-state index contributed by atoms with van der Waals surface area (Å²) in [5, 5.41) is 0. The van der Waals surface area contributed by atoms with Crippen molar-refractivity contribution in [1.29, 1.82) is 0 Å². The molecule has 9 aromatic rings. The van der Waals surface area contributed by atoms with Gasteiger partial charge in [-0.15, -0.1) is 0 Å². The predicted octanol–water partition coefficient (Wildman–Crippen LogP) is 13.2. The molecule has 270 valence electrons. The number of fused-ring (bicyclic) bond motifs is 3. The smallest absolute Gasteiger partial charge is 0.160 e. The molecule has 2 aromatic heterocycles. The minimum Gasteiger partial charge on any atom is -0.261 e. The maximum Gasteiger partial charge on any atom is 0.160 e. The van der Waals surface area contributed by atoms with Crippen LogP contribution >= 0.6 is 0 Å². The minimum atomic E-state index is -0.570. The van der Waals surface area contributed by atoms with Crippen molar-refractivity contribution >= 4 is 0 Å². The van der Waals surface area contributed by atoms with Crippen LogP contribution in [0.15, 0.2) is 200 Å². The number of aromatic nitrogens is 3. The molecule has 7 aromatic carbocycles. The highest BCUT2D eigenvalue weighted by Crippen LogP contribution is 2.58. The maximum atomic E-state index is 5.15. The molecular formula is C54H39N3. The number of hydrogen-bond acceptors (Lipinski definition) is 3. The standard InChI is InChI=1S/C54H39N3/c1-36-34-51(42-14-6-3-7-15-42)57-53(56-36)43-31-32-48-50(35-43)54(44-16-8-4-9-17-44,45-18-10-5-11-19-45)49-22-12-20-47(52(48)49)41-29-25-39(26-30-41)38-23-27-40(28-24-38)46-21-13-33-55-37(46)2/h3-35H,1-2H3. The largest absolute Gasteiger partial charge is 0.261 e. The zero-order valence-electron chi connectivity index (χ0n) is 31.9. The van der Waals surface area contributed by atoms with Gasteiger partial charge >= 0.3 is 0 Å². The Hall–Kier alpha value is -7.23. The summed E-state index contributed by atoms with van der Waals surface area (Å²) in [6, 6.07) is 70.0. The average Bonchev–Trinajstić information content (AvgIpc) is 3.58. The van der Waals surface area contributed by atoms with Crippen molar-refractivity contribution in [3.8, 4) is 67.2 Å². The lowest BCUT2D eigenvalue weighted by Gasteiger charge is -2.34. The minimum absolute atomic E-state index is 0.570. The third kappa shape index (κ3) is 5.87. The van der Waals surface area contributed by atoms with Gasteiger partial charge in [-0.25, -0.2) is 9.97 Å². The molecule has 0 radical (unpaired) electrons. The summed E-state index contributed by atoms with van der Waals surface area (Å²) in [7, 11) is 0. The normalized spacial score (nSPS) is 12.5. The van der Waals surface area contributed by atoms with Gasteiger partial charge in [0.25, 0.3) is 0 Å². The van der Waals surface area contributed by atoms with Gasteiger partial charge in [0.2, 0.25) is 0 Å². The van der Waals surface area contributed by atoms with Crippen molar-refractivity contribution in [3.05, 3.63) is 234 Å². The molecule has 0 amide bonds. The first kappa shape index (κ1) is 34.3. The topological polar surface area (TPSA) is 38.7 Å². The number of rotatable bonds is 7. The fraction of sp³-hybridized carbons (Fsp3) is 0.0556. The van der Waals surface area contributed by atoms with Gasteiger partial charge in [0.05, 0.1) is 11.1 Å². The second kappa shape index (κ2) is 14.1. The van der Waals surface area contributed by atoms with Crippen LogP contribution in [0.5, 0.6) is 0 Å². The molecule has 0 spiro atoms. The van der Waals surface area contributed by atoms with E-state index in [-0.39, 0.29) is 0 Å². The zero-order valence-corrected chi connectivity index (χ0v) is 31.9. The van der Waals surface area contributed by atoms with E-state index in [1.54, 1.807) is 0 Å². The number of benzene rings is 7. The van der Waals surface area contributed by atoms with E-state index >= 15 is 0 Å². The second-order valence-electron chi connectivity index (χ2n) is 14.8. The molecule has 1 aliphatic carbocycles. The molecular weight excluding hydrogens is 691 g/mol. The fourth-order valence-corrected chi connectivity index (χ4v) is 8.85. The quantitative estimate of drug-likeness (QED) is 0.164. The molecule has 0 saturated heterocycles. The number of pyridine rings is 1. The van der Waals surface area contributed by atoms with E-state index in [9.17, 15) is 0 Å². The Morgan fingerprint density at radius 2 is 0.947 bits per heavy atom. The summed E-state index contributed by atoms with van der Waals surface area (Å²) < 4.78 is 0.